The molecule has 0 bridgehead atoms. The van der Waals surface area contributed by atoms with Crippen molar-refractivity contribution >= 4 is 28.7 Å². The molecule has 66 valence electrons. The first kappa shape index (κ1) is 9.29. The van der Waals surface area contributed by atoms with Crippen molar-refractivity contribution in [1.82, 2.24) is 0 Å². The normalized spacial score (nSPS) is 8.85. The number of thiocarbonyl (C=S) groups is 1. The Morgan fingerprint density at radius 2 is 2.23 bits per heavy atom. The maximum absolute atomic E-state index is 8.66. The SMILES string of the molecule is N#Cc1cc(NC(N)=S)ccc1N. The molecule has 0 aliphatic heterocycles. The molecule has 1 rings (SSSR count). The van der Waals surface area contributed by atoms with Gasteiger partial charge in [0.05, 0.1) is 5.56 Å². The lowest BCUT2D eigenvalue weighted by Crippen LogP contribution is -2.18. The van der Waals surface area contributed by atoms with Crippen molar-refractivity contribution in [3.63, 3.8) is 0 Å². The lowest BCUT2D eigenvalue weighted by Gasteiger charge is -2.04. The molecule has 0 saturated carbocycles. The van der Waals surface area contributed by atoms with E-state index in [1.807, 2.05) is 6.07 Å². The molecule has 0 aliphatic rings. The van der Waals surface area contributed by atoms with E-state index in [1.165, 1.54) is 0 Å². The van der Waals surface area contributed by atoms with Crippen molar-refractivity contribution in [1.29, 1.82) is 5.26 Å². The van der Waals surface area contributed by atoms with Crippen LogP contribution in [0.1, 0.15) is 5.56 Å². The van der Waals surface area contributed by atoms with Crippen molar-refractivity contribution in [3.8, 4) is 6.07 Å². The molecule has 0 spiro atoms. The van der Waals surface area contributed by atoms with Crippen LogP contribution in [0, 0.1) is 11.3 Å². The zero-order chi connectivity index (χ0) is 9.84. The van der Waals surface area contributed by atoms with Crippen molar-refractivity contribution in [2.45, 2.75) is 0 Å². The van der Waals surface area contributed by atoms with Crippen LogP contribution in [0.25, 0.3) is 0 Å². The molecule has 0 atom stereocenters. The summed E-state index contributed by atoms with van der Waals surface area (Å²) in [6.45, 7) is 0. The summed E-state index contributed by atoms with van der Waals surface area (Å²) in [5.41, 5.74) is 12.3. The van der Waals surface area contributed by atoms with Crippen LogP contribution in [0.5, 0.6) is 0 Å². The van der Waals surface area contributed by atoms with Crippen molar-refractivity contribution < 1.29 is 0 Å². The summed E-state index contributed by atoms with van der Waals surface area (Å²) < 4.78 is 0. The second-order valence-electron chi connectivity index (χ2n) is 2.40. The molecule has 0 aliphatic carbocycles. The van der Waals surface area contributed by atoms with Crippen molar-refractivity contribution in [2.75, 3.05) is 11.1 Å². The molecular formula is C8H8N4S. The number of hydrogen-bond donors (Lipinski definition) is 3. The van der Waals surface area contributed by atoms with Gasteiger partial charge >= 0.3 is 0 Å². The Morgan fingerprint density at radius 1 is 1.54 bits per heavy atom. The average Bonchev–Trinajstić information content (AvgIpc) is 2.07. The monoisotopic (exact) mass is 192 g/mol. The van der Waals surface area contributed by atoms with Crippen LogP contribution in [0.4, 0.5) is 11.4 Å². The standard InChI is InChI=1S/C8H8N4S/c9-4-5-3-6(12-8(11)13)1-2-7(5)10/h1-3H,10H2,(H3,11,12,13). The van der Waals surface area contributed by atoms with Crippen LogP contribution in [0.3, 0.4) is 0 Å². The molecule has 0 amide bonds. The van der Waals surface area contributed by atoms with E-state index in [9.17, 15) is 0 Å². The maximum atomic E-state index is 8.66. The number of hydrogen-bond acceptors (Lipinski definition) is 3. The van der Waals surface area contributed by atoms with Gasteiger partial charge in [-0.2, -0.15) is 5.26 Å². The summed E-state index contributed by atoms with van der Waals surface area (Å²) >= 11 is 4.64. The van der Waals surface area contributed by atoms with Gasteiger partial charge in [0.1, 0.15) is 6.07 Å². The second-order valence-corrected chi connectivity index (χ2v) is 2.84. The Morgan fingerprint density at radius 3 is 2.77 bits per heavy atom. The van der Waals surface area contributed by atoms with Gasteiger partial charge in [-0.1, -0.05) is 0 Å². The molecule has 5 N–H and O–H groups in total. The number of nitrogen functional groups attached to an aromatic ring is 1. The fraction of sp³-hybridized carbons (Fsp3) is 0. The number of rotatable bonds is 1. The third kappa shape index (κ3) is 2.32. The Kier molecular flexibility index (Phi) is 2.67. The molecule has 0 saturated heterocycles. The molecule has 1 aromatic rings. The van der Waals surface area contributed by atoms with Gasteiger partial charge in [-0.05, 0) is 30.4 Å². The van der Waals surface area contributed by atoms with E-state index in [-0.39, 0.29) is 5.11 Å². The minimum atomic E-state index is 0.161. The molecule has 0 heterocycles. The lowest BCUT2D eigenvalue weighted by molar-refractivity contribution is 1.48. The van der Waals surface area contributed by atoms with Gasteiger partial charge in [0.2, 0.25) is 0 Å². The Balaban J connectivity index is 3.01. The highest BCUT2D eigenvalue weighted by Gasteiger charge is 1.99. The van der Waals surface area contributed by atoms with E-state index in [2.05, 4.69) is 17.5 Å². The van der Waals surface area contributed by atoms with Crippen LogP contribution >= 0.6 is 12.2 Å². The molecular weight excluding hydrogens is 184 g/mol. The third-order valence-corrected chi connectivity index (χ3v) is 1.54. The lowest BCUT2D eigenvalue weighted by atomic mass is 10.2. The molecule has 1 aromatic carbocycles. The molecule has 5 heteroatoms. The van der Waals surface area contributed by atoms with Crippen LogP contribution in [0.2, 0.25) is 0 Å². The number of benzene rings is 1. The van der Waals surface area contributed by atoms with Crippen LogP contribution < -0.4 is 16.8 Å². The van der Waals surface area contributed by atoms with E-state index in [1.54, 1.807) is 18.2 Å². The van der Waals surface area contributed by atoms with E-state index < -0.39 is 0 Å². The molecule has 0 aromatic heterocycles. The fourth-order valence-electron chi connectivity index (χ4n) is 0.873. The smallest absolute Gasteiger partial charge is 0.168 e. The summed E-state index contributed by atoms with van der Waals surface area (Å²) in [5, 5.41) is 11.5. The quantitative estimate of drug-likeness (QED) is 0.452. The zero-order valence-corrected chi connectivity index (χ0v) is 7.56. The highest BCUT2D eigenvalue weighted by Crippen LogP contribution is 2.16. The zero-order valence-electron chi connectivity index (χ0n) is 6.74. The van der Waals surface area contributed by atoms with Gasteiger partial charge in [0.15, 0.2) is 5.11 Å². The summed E-state index contributed by atoms with van der Waals surface area (Å²) in [5.74, 6) is 0. The topological polar surface area (TPSA) is 87.9 Å². The van der Waals surface area contributed by atoms with Gasteiger partial charge in [0.25, 0.3) is 0 Å². The Hall–Kier alpha value is -1.80. The predicted octanol–water partition coefficient (Wildman–Crippen LogP) is 0.796. The summed E-state index contributed by atoms with van der Waals surface area (Å²) in [7, 11) is 0. The minimum absolute atomic E-state index is 0.161. The first-order valence-electron chi connectivity index (χ1n) is 3.49. The average molecular weight is 192 g/mol. The number of nitrogens with one attached hydrogen (secondary N) is 1. The molecule has 4 nitrogen and oxygen atoms in total. The summed E-state index contributed by atoms with van der Waals surface area (Å²) in [6.07, 6.45) is 0. The highest BCUT2D eigenvalue weighted by atomic mass is 32.1. The van der Waals surface area contributed by atoms with Crippen LogP contribution in [-0.4, -0.2) is 5.11 Å². The second kappa shape index (κ2) is 3.74. The van der Waals surface area contributed by atoms with Crippen LogP contribution in [0.15, 0.2) is 18.2 Å². The molecule has 13 heavy (non-hydrogen) atoms. The summed E-state index contributed by atoms with van der Waals surface area (Å²) in [4.78, 5) is 0. The number of nitrogens with zero attached hydrogens (tertiary/aromatic N) is 1. The first-order valence-corrected chi connectivity index (χ1v) is 3.90. The summed E-state index contributed by atoms with van der Waals surface area (Å²) in [6, 6.07) is 6.88. The van der Waals surface area contributed by atoms with E-state index in [0.717, 1.165) is 0 Å². The predicted molar refractivity (Wildman–Crippen MR) is 56.0 cm³/mol. The van der Waals surface area contributed by atoms with Gasteiger partial charge in [-0.3, -0.25) is 0 Å². The number of nitrogens with two attached hydrogens (primary N) is 2. The van der Waals surface area contributed by atoms with Gasteiger partial charge in [-0.25, -0.2) is 0 Å². The van der Waals surface area contributed by atoms with Crippen molar-refractivity contribution in [2.24, 2.45) is 5.73 Å². The maximum Gasteiger partial charge on any atom is 0.168 e. The van der Waals surface area contributed by atoms with Crippen molar-refractivity contribution in [3.05, 3.63) is 23.8 Å². The Bertz CT molecular complexity index is 380. The first-order chi connectivity index (χ1) is 6.13. The molecule has 0 fully saturated rings. The number of nitriles is 1. The van der Waals surface area contributed by atoms with Crippen LogP contribution in [-0.2, 0) is 0 Å². The third-order valence-electron chi connectivity index (χ3n) is 1.44. The minimum Gasteiger partial charge on any atom is -0.398 e. The number of anilines is 2. The molecule has 0 unspecified atom stereocenters. The Labute approximate surface area is 81.1 Å². The van der Waals surface area contributed by atoms with E-state index >= 15 is 0 Å². The highest BCUT2D eigenvalue weighted by molar-refractivity contribution is 7.80. The van der Waals surface area contributed by atoms with E-state index in [0.29, 0.717) is 16.9 Å². The van der Waals surface area contributed by atoms with Gasteiger partial charge in [0, 0.05) is 11.4 Å². The van der Waals surface area contributed by atoms with E-state index in [4.69, 9.17) is 16.7 Å². The molecule has 0 radical (unpaired) electrons. The van der Waals surface area contributed by atoms with Gasteiger partial charge in [-0.15, -0.1) is 0 Å². The fourth-order valence-corrected chi connectivity index (χ4v) is 0.991. The largest absolute Gasteiger partial charge is 0.398 e. The van der Waals surface area contributed by atoms with Gasteiger partial charge < -0.3 is 16.8 Å².